The summed E-state index contributed by atoms with van der Waals surface area (Å²) in [6, 6.07) is 0. The molecule has 4 nitrogen and oxygen atoms in total. The molecule has 0 aromatic carbocycles. The van der Waals surface area contributed by atoms with Gasteiger partial charge in [-0.1, -0.05) is 13.8 Å². The first-order valence-corrected chi connectivity index (χ1v) is 9.53. The number of aliphatic imine (C=N–C) groups is 1. The molecule has 0 bridgehead atoms. The van der Waals surface area contributed by atoms with Crippen molar-refractivity contribution in [2.45, 2.75) is 44.9 Å². The van der Waals surface area contributed by atoms with Gasteiger partial charge in [0.1, 0.15) is 0 Å². The number of hydrogen-bond acceptors (Lipinski definition) is 4. The summed E-state index contributed by atoms with van der Waals surface area (Å²) in [7, 11) is 1.83. The molecule has 7 heteroatoms. The number of halogens is 1. The molecular weight excluding hydrogens is 427 g/mol. The van der Waals surface area contributed by atoms with Gasteiger partial charge in [-0.05, 0) is 24.5 Å². The summed E-state index contributed by atoms with van der Waals surface area (Å²) in [6.07, 6.45) is 5.72. The molecular formula is C15H27IN4S2. The van der Waals surface area contributed by atoms with Gasteiger partial charge in [0.05, 0.1) is 11.6 Å². The second kappa shape index (κ2) is 10.7. The molecule has 2 N–H and O–H groups in total. The number of nitrogens with zero attached hydrogens (tertiary/aromatic N) is 2. The SMILES string of the molecule is CN=C(NCc1cnc(CC(C)C)s1)NCC1CCCS1.I. The topological polar surface area (TPSA) is 49.3 Å². The molecule has 22 heavy (non-hydrogen) atoms. The fourth-order valence-electron chi connectivity index (χ4n) is 2.28. The van der Waals surface area contributed by atoms with E-state index in [-0.39, 0.29) is 24.0 Å². The van der Waals surface area contributed by atoms with Crippen molar-refractivity contribution in [1.82, 2.24) is 15.6 Å². The molecule has 0 saturated carbocycles. The molecule has 1 aromatic rings. The highest BCUT2D eigenvalue weighted by Gasteiger charge is 2.15. The zero-order chi connectivity index (χ0) is 15.1. The number of guanidine groups is 1. The van der Waals surface area contributed by atoms with Crippen LogP contribution in [0.4, 0.5) is 0 Å². The van der Waals surface area contributed by atoms with E-state index < -0.39 is 0 Å². The van der Waals surface area contributed by atoms with Gasteiger partial charge in [-0.2, -0.15) is 11.8 Å². The van der Waals surface area contributed by atoms with Crippen LogP contribution in [0.25, 0.3) is 0 Å². The Morgan fingerprint density at radius 3 is 2.91 bits per heavy atom. The molecule has 1 atom stereocenters. The molecule has 126 valence electrons. The van der Waals surface area contributed by atoms with E-state index >= 15 is 0 Å². The van der Waals surface area contributed by atoms with Gasteiger partial charge in [0.15, 0.2) is 5.96 Å². The monoisotopic (exact) mass is 454 g/mol. The minimum Gasteiger partial charge on any atom is -0.355 e. The molecule has 1 aromatic heterocycles. The third-order valence-corrected chi connectivity index (χ3v) is 5.78. The van der Waals surface area contributed by atoms with Crippen LogP contribution < -0.4 is 10.6 Å². The second-order valence-electron chi connectivity index (χ2n) is 5.76. The van der Waals surface area contributed by atoms with Crippen LogP contribution in [0.1, 0.15) is 36.6 Å². The summed E-state index contributed by atoms with van der Waals surface area (Å²) < 4.78 is 0. The summed E-state index contributed by atoms with van der Waals surface area (Å²) in [5.74, 6) is 2.86. The molecule has 2 rings (SSSR count). The molecule has 0 amide bonds. The van der Waals surface area contributed by atoms with Crippen LogP contribution >= 0.6 is 47.1 Å². The predicted octanol–water partition coefficient (Wildman–Crippen LogP) is 3.52. The Kier molecular flexibility index (Phi) is 9.74. The van der Waals surface area contributed by atoms with Gasteiger partial charge in [-0.25, -0.2) is 4.98 Å². The van der Waals surface area contributed by atoms with Crippen LogP contribution in [0.2, 0.25) is 0 Å². The zero-order valence-corrected chi connectivity index (χ0v) is 17.6. The lowest BCUT2D eigenvalue weighted by molar-refractivity contribution is 0.644. The molecule has 1 saturated heterocycles. The van der Waals surface area contributed by atoms with E-state index in [1.165, 1.54) is 28.5 Å². The van der Waals surface area contributed by atoms with Crippen LogP contribution in [0.5, 0.6) is 0 Å². The standard InChI is InChI=1S/C15H26N4S2.HI/c1-11(2)7-14-17-9-13(21-14)10-19-15(16-3)18-8-12-5-4-6-20-12;/h9,11-12H,4-8,10H2,1-3H3,(H2,16,18,19);1H. The Morgan fingerprint density at radius 1 is 1.45 bits per heavy atom. The van der Waals surface area contributed by atoms with Crippen LogP contribution in [0.3, 0.4) is 0 Å². The summed E-state index contributed by atoms with van der Waals surface area (Å²) >= 11 is 3.86. The van der Waals surface area contributed by atoms with Gasteiger partial charge < -0.3 is 10.6 Å². The van der Waals surface area contributed by atoms with Gasteiger partial charge in [0.2, 0.25) is 0 Å². The third kappa shape index (κ3) is 7.04. The van der Waals surface area contributed by atoms with Crippen molar-refractivity contribution in [1.29, 1.82) is 0 Å². The Hall–Kier alpha value is -0.0200. The van der Waals surface area contributed by atoms with Gasteiger partial charge >= 0.3 is 0 Å². The third-order valence-electron chi connectivity index (χ3n) is 3.36. The average Bonchev–Trinajstić information content (AvgIpc) is 3.10. The summed E-state index contributed by atoms with van der Waals surface area (Å²) in [5, 5.41) is 8.77. The lowest BCUT2D eigenvalue weighted by Crippen LogP contribution is -2.39. The van der Waals surface area contributed by atoms with E-state index in [4.69, 9.17) is 0 Å². The van der Waals surface area contributed by atoms with E-state index in [0.717, 1.165) is 30.7 Å². The predicted molar refractivity (Wildman–Crippen MR) is 110 cm³/mol. The summed E-state index contributed by atoms with van der Waals surface area (Å²) in [5.41, 5.74) is 0. The highest BCUT2D eigenvalue weighted by Crippen LogP contribution is 2.25. The highest BCUT2D eigenvalue weighted by molar-refractivity contribution is 14.0. The molecule has 1 aliphatic heterocycles. The van der Waals surface area contributed by atoms with Crippen molar-refractivity contribution in [3.63, 3.8) is 0 Å². The van der Waals surface area contributed by atoms with Gasteiger partial charge in [-0.15, -0.1) is 35.3 Å². The van der Waals surface area contributed by atoms with E-state index in [1.807, 2.05) is 13.2 Å². The van der Waals surface area contributed by atoms with Crippen LogP contribution in [0, 0.1) is 5.92 Å². The maximum atomic E-state index is 4.48. The fraction of sp³-hybridized carbons (Fsp3) is 0.733. The van der Waals surface area contributed by atoms with Crippen LogP contribution in [-0.4, -0.2) is 35.5 Å². The average molecular weight is 454 g/mol. The first-order chi connectivity index (χ1) is 10.2. The second-order valence-corrected chi connectivity index (χ2v) is 8.37. The Bertz CT molecular complexity index is 456. The van der Waals surface area contributed by atoms with Crippen molar-refractivity contribution in [3.8, 4) is 0 Å². The number of thiazole rings is 1. The largest absolute Gasteiger partial charge is 0.355 e. The maximum Gasteiger partial charge on any atom is 0.191 e. The lowest BCUT2D eigenvalue weighted by Gasteiger charge is -2.14. The number of rotatable bonds is 6. The van der Waals surface area contributed by atoms with E-state index in [2.05, 4.69) is 46.2 Å². The van der Waals surface area contributed by atoms with E-state index in [1.54, 1.807) is 11.3 Å². The van der Waals surface area contributed by atoms with Crippen molar-refractivity contribution in [3.05, 3.63) is 16.1 Å². The number of nitrogens with one attached hydrogen (secondary N) is 2. The summed E-state index contributed by atoms with van der Waals surface area (Å²) in [4.78, 5) is 10.0. The minimum absolute atomic E-state index is 0. The van der Waals surface area contributed by atoms with E-state index in [9.17, 15) is 0 Å². The zero-order valence-electron chi connectivity index (χ0n) is 13.6. The van der Waals surface area contributed by atoms with E-state index in [0.29, 0.717) is 5.92 Å². The number of aromatic nitrogens is 1. The quantitative estimate of drug-likeness (QED) is 0.393. The van der Waals surface area contributed by atoms with Gasteiger partial charge in [0, 0.05) is 36.3 Å². The van der Waals surface area contributed by atoms with Crippen LogP contribution in [0.15, 0.2) is 11.2 Å². The first-order valence-electron chi connectivity index (χ1n) is 7.67. The molecule has 0 radical (unpaired) electrons. The molecule has 1 unspecified atom stereocenters. The molecule has 1 fully saturated rings. The van der Waals surface area contributed by atoms with Crippen molar-refractivity contribution in [2.75, 3.05) is 19.3 Å². The minimum atomic E-state index is 0. The number of hydrogen-bond donors (Lipinski definition) is 2. The molecule has 1 aliphatic rings. The molecule has 0 spiro atoms. The van der Waals surface area contributed by atoms with Crippen molar-refractivity contribution >= 4 is 53.0 Å². The molecule has 0 aliphatic carbocycles. The fourth-order valence-corrected chi connectivity index (χ4v) is 4.56. The highest BCUT2D eigenvalue weighted by atomic mass is 127. The molecule has 2 heterocycles. The van der Waals surface area contributed by atoms with Crippen LogP contribution in [-0.2, 0) is 13.0 Å². The normalized spacial score (nSPS) is 18.4. The lowest BCUT2D eigenvalue weighted by atomic mass is 10.1. The maximum absolute atomic E-state index is 4.48. The first kappa shape index (κ1) is 20.0. The van der Waals surface area contributed by atoms with Crippen molar-refractivity contribution < 1.29 is 0 Å². The number of thioether (sulfide) groups is 1. The Morgan fingerprint density at radius 2 is 2.27 bits per heavy atom. The summed E-state index contributed by atoms with van der Waals surface area (Å²) in [6.45, 7) is 6.26. The van der Waals surface area contributed by atoms with Crippen molar-refractivity contribution in [2.24, 2.45) is 10.9 Å². The Labute approximate surface area is 159 Å². The smallest absolute Gasteiger partial charge is 0.191 e. The Balaban J connectivity index is 0.00000242. The van der Waals surface area contributed by atoms with Gasteiger partial charge in [0.25, 0.3) is 0 Å². The van der Waals surface area contributed by atoms with Gasteiger partial charge in [-0.3, -0.25) is 4.99 Å².